The van der Waals surface area contributed by atoms with Crippen molar-refractivity contribution in [3.05, 3.63) is 101 Å². The highest BCUT2D eigenvalue weighted by Crippen LogP contribution is 2.26. The Labute approximate surface area is 180 Å². The van der Waals surface area contributed by atoms with Gasteiger partial charge in [-0.05, 0) is 60.4 Å². The van der Waals surface area contributed by atoms with Crippen molar-refractivity contribution < 1.29 is 14.7 Å². The Bertz CT molecular complexity index is 1060. The molecule has 0 saturated heterocycles. The van der Waals surface area contributed by atoms with Crippen LogP contribution in [0.2, 0.25) is 5.02 Å². The predicted molar refractivity (Wildman–Crippen MR) is 119 cm³/mol. The number of nitrogens with one attached hydrogen (secondary N) is 1. The zero-order valence-corrected chi connectivity index (χ0v) is 17.0. The summed E-state index contributed by atoms with van der Waals surface area (Å²) in [4.78, 5) is 27.5. The van der Waals surface area contributed by atoms with Crippen LogP contribution in [0.1, 0.15) is 40.7 Å². The molecular weight excluding hydrogens is 400 g/mol. The Balaban J connectivity index is 1.84. The highest BCUT2D eigenvalue weighted by molar-refractivity contribution is 6.31. The fraction of sp³-hybridized carbons (Fsp3) is 0.125. The second-order valence-electron chi connectivity index (χ2n) is 6.69. The summed E-state index contributed by atoms with van der Waals surface area (Å²) in [7, 11) is 0. The number of benzene rings is 2. The van der Waals surface area contributed by atoms with Crippen LogP contribution in [0, 0.1) is 0 Å². The second-order valence-corrected chi connectivity index (χ2v) is 7.13. The largest absolute Gasteiger partial charge is 0.481 e. The van der Waals surface area contributed by atoms with Crippen LogP contribution in [-0.2, 0) is 4.79 Å². The third-order valence-electron chi connectivity index (χ3n) is 4.43. The van der Waals surface area contributed by atoms with Crippen molar-refractivity contribution >= 4 is 34.7 Å². The number of nitrogens with zero attached hydrogens (tertiary/aromatic N) is 1. The number of allylic oxidation sites excluding steroid dienone is 1. The number of hydrogen-bond donors (Lipinski definition) is 2. The van der Waals surface area contributed by atoms with Gasteiger partial charge < -0.3 is 10.4 Å². The fourth-order valence-electron chi connectivity index (χ4n) is 3.02. The maximum atomic E-state index is 12.5. The molecule has 0 unspecified atom stereocenters. The molecule has 1 aromatic heterocycles. The first-order valence-electron chi connectivity index (χ1n) is 9.52. The van der Waals surface area contributed by atoms with E-state index in [0.29, 0.717) is 29.1 Å². The topological polar surface area (TPSA) is 79.3 Å². The molecule has 0 aliphatic carbocycles. The Morgan fingerprint density at radius 2 is 1.77 bits per heavy atom. The van der Waals surface area contributed by atoms with Gasteiger partial charge in [0.05, 0.1) is 0 Å². The maximum Gasteiger partial charge on any atom is 0.303 e. The molecule has 3 rings (SSSR count). The first-order chi connectivity index (χ1) is 14.5. The van der Waals surface area contributed by atoms with E-state index in [1.807, 2.05) is 42.5 Å². The minimum Gasteiger partial charge on any atom is -0.481 e. The first kappa shape index (κ1) is 21.3. The molecule has 1 heterocycles. The molecule has 0 saturated carbocycles. The Kier molecular flexibility index (Phi) is 7.35. The van der Waals surface area contributed by atoms with Gasteiger partial charge in [0.15, 0.2) is 0 Å². The number of halogens is 1. The van der Waals surface area contributed by atoms with Gasteiger partial charge >= 0.3 is 5.97 Å². The van der Waals surface area contributed by atoms with Crippen LogP contribution in [0.3, 0.4) is 0 Å². The van der Waals surface area contributed by atoms with Gasteiger partial charge in [-0.3, -0.25) is 14.6 Å². The van der Waals surface area contributed by atoms with Gasteiger partial charge in [-0.15, -0.1) is 0 Å². The Morgan fingerprint density at radius 3 is 2.50 bits per heavy atom. The van der Waals surface area contributed by atoms with Crippen LogP contribution in [0.15, 0.2) is 79.1 Å². The molecule has 152 valence electrons. The van der Waals surface area contributed by atoms with E-state index >= 15 is 0 Å². The zero-order valence-electron chi connectivity index (χ0n) is 16.2. The molecule has 0 radical (unpaired) electrons. The summed E-state index contributed by atoms with van der Waals surface area (Å²) in [6, 6.07) is 18.1. The van der Waals surface area contributed by atoms with E-state index in [0.717, 1.165) is 16.7 Å². The van der Waals surface area contributed by atoms with Crippen molar-refractivity contribution in [3.63, 3.8) is 0 Å². The number of unbranched alkanes of at least 4 members (excludes halogenated alkanes) is 1. The van der Waals surface area contributed by atoms with Gasteiger partial charge in [-0.25, -0.2) is 0 Å². The van der Waals surface area contributed by atoms with Gasteiger partial charge in [0.2, 0.25) is 0 Å². The Morgan fingerprint density at radius 1 is 1.00 bits per heavy atom. The minimum absolute atomic E-state index is 0.118. The minimum atomic E-state index is -0.808. The highest BCUT2D eigenvalue weighted by atomic mass is 35.5. The maximum absolute atomic E-state index is 12.5. The van der Waals surface area contributed by atoms with Crippen molar-refractivity contribution in [3.8, 4) is 0 Å². The quantitative estimate of drug-likeness (QED) is 0.460. The molecule has 2 N–H and O–H groups in total. The average Bonchev–Trinajstić information content (AvgIpc) is 2.74. The molecule has 1 amide bonds. The van der Waals surface area contributed by atoms with E-state index in [2.05, 4.69) is 10.3 Å². The summed E-state index contributed by atoms with van der Waals surface area (Å²) in [5.74, 6) is -1.06. The van der Waals surface area contributed by atoms with Gasteiger partial charge in [0, 0.05) is 40.7 Å². The van der Waals surface area contributed by atoms with Crippen molar-refractivity contribution in [1.82, 2.24) is 4.98 Å². The lowest BCUT2D eigenvalue weighted by Gasteiger charge is -2.11. The van der Waals surface area contributed by atoms with E-state index in [-0.39, 0.29) is 12.3 Å². The molecule has 2 aromatic carbocycles. The van der Waals surface area contributed by atoms with Crippen molar-refractivity contribution in [2.24, 2.45) is 0 Å². The first-order valence-corrected chi connectivity index (χ1v) is 9.90. The van der Waals surface area contributed by atoms with Gasteiger partial charge in [-0.1, -0.05) is 41.9 Å². The van der Waals surface area contributed by atoms with Crippen molar-refractivity contribution in [2.45, 2.75) is 19.3 Å². The van der Waals surface area contributed by atoms with E-state index in [4.69, 9.17) is 16.7 Å². The monoisotopic (exact) mass is 420 g/mol. The lowest BCUT2D eigenvalue weighted by Crippen LogP contribution is -2.11. The van der Waals surface area contributed by atoms with Crippen LogP contribution >= 0.6 is 11.6 Å². The average molecular weight is 421 g/mol. The van der Waals surface area contributed by atoms with E-state index in [9.17, 15) is 9.59 Å². The van der Waals surface area contributed by atoms with Crippen LogP contribution < -0.4 is 5.32 Å². The lowest BCUT2D eigenvalue weighted by molar-refractivity contribution is -0.137. The smallest absolute Gasteiger partial charge is 0.303 e. The van der Waals surface area contributed by atoms with Gasteiger partial charge in [-0.2, -0.15) is 0 Å². The molecule has 0 atom stereocenters. The van der Waals surface area contributed by atoms with E-state index in [1.165, 1.54) is 0 Å². The third kappa shape index (κ3) is 6.03. The summed E-state index contributed by atoms with van der Waals surface area (Å²) in [6.07, 6.45) is 6.76. The Hall–Kier alpha value is -3.44. The van der Waals surface area contributed by atoms with Gasteiger partial charge in [0.25, 0.3) is 5.91 Å². The highest BCUT2D eigenvalue weighted by Gasteiger charge is 2.10. The summed E-state index contributed by atoms with van der Waals surface area (Å²) in [5.41, 5.74) is 3.89. The number of amides is 1. The summed E-state index contributed by atoms with van der Waals surface area (Å²) >= 11 is 5.98. The number of aromatic nitrogens is 1. The summed E-state index contributed by atoms with van der Waals surface area (Å²) < 4.78 is 0. The molecule has 6 heteroatoms. The standard InChI is InChI=1S/C24H21ClN2O3/c25-20-9-3-7-18(14-20)24(30)27-21-10-4-6-17(15-21)22(11-1-2-12-23(28)29)19-8-5-13-26-16-19/h3-11,13-16H,1-2,12H2,(H,27,30)(H,28,29)/b22-11-. The molecule has 0 aliphatic rings. The van der Waals surface area contributed by atoms with Crippen LogP contribution in [0.5, 0.6) is 0 Å². The summed E-state index contributed by atoms with van der Waals surface area (Å²) in [5, 5.41) is 12.3. The lowest BCUT2D eigenvalue weighted by atomic mass is 9.97. The van der Waals surface area contributed by atoms with Gasteiger partial charge in [0.1, 0.15) is 0 Å². The van der Waals surface area contributed by atoms with E-state index in [1.54, 1.807) is 36.7 Å². The number of pyridine rings is 1. The molecule has 0 bridgehead atoms. The van der Waals surface area contributed by atoms with Crippen molar-refractivity contribution in [2.75, 3.05) is 5.32 Å². The number of rotatable bonds is 8. The molecule has 0 spiro atoms. The number of carboxylic acid groups (broad SMARTS) is 1. The molecular formula is C24H21ClN2O3. The van der Waals surface area contributed by atoms with E-state index < -0.39 is 5.97 Å². The molecule has 3 aromatic rings. The SMILES string of the molecule is O=C(O)CCC/C=C(\c1cccnc1)c1cccc(NC(=O)c2cccc(Cl)c2)c1. The number of anilines is 1. The van der Waals surface area contributed by atoms with Crippen LogP contribution in [0.25, 0.3) is 5.57 Å². The number of carbonyl (C=O) groups excluding carboxylic acids is 1. The second kappa shape index (κ2) is 10.4. The fourth-order valence-corrected chi connectivity index (χ4v) is 3.21. The number of aliphatic carboxylic acids is 1. The molecule has 0 aliphatic heterocycles. The zero-order chi connectivity index (χ0) is 21.3. The molecule has 0 fully saturated rings. The number of carbonyl (C=O) groups is 2. The molecule has 5 nitrogen and oxygen atoms in total. The normalized spacial score (nSPS) is 11.2. The number of carboxylic acids is 1. The predicted octanol–water partition coefficient (Wildman–Crippen LogP) is 5.67. The number of hydrogen-bond acceptors (Lipinski definition) is 3. The molecule has 30 heavy (non-hydrogen) atoms. The third-order valence-corrected chi connectivity index (χ3v) is 4.67. The van der Waals surface area contributed by atoms with Crippen molar-refractivity contribution in [1.29, 1.82) is 0 Å². The van der Waals surface area contributed by atoms with Crippen LogP contribution in [-0.4, -0.2) is 22.0 Å². The van der Waals surface area contributed by atoms with Crippen LogP contribution in [0.4, 0.5) is 5.69 Å². The summed E-state index contributed by atoms with van der Waals surface area (Å²) in [6.45, 7) is 0.